The van der Waals surface area contributed by atoms with Gasteiger partial charge in [-0.2, -0.15) is 0 Å². The van der Waals surface area contributed by atoms with Crippen molar-refractivity contribution in [2.75, 3.05) is 0 Å². The van der Waals surface area contributed by atoms with E-state index in [9.17, 15) is 0 Å². The average molecular weight is 232 g/mol. The molecule has 0 spiro atoms. The van der Waals surface area contributed by atoms with Gasteiger partial charge in [-0.3, -0.25) is 0 Å². The first-order valence-electron chi connectivity index (χ1n) is 7.68. The lowest BCUT2D eigenvalue weighted by Gasteiger charge is -1.90. The first-order chi connectivity index (χ1) is 7.68. The largest absolute Gasteiger partial charge is 0.0683 e. The Bertz CT molecular complexity index is 51.1. The highest BCUT2D eigenvalue weighted by molar-refractivity contribution is 4.36. The van der Waals surface area contributed by atoms with Gasteiger partial charge >= 0.3 is 0 Å². The summed E-state index contributed by atoms with van der Waals surface area (Å²) in [5.41, 5.74) is 0. The van der Waals surface area contributed by atoms with Gasteiger partial charge in [-0.05, 0) is 5.92 Å². The Kier molecular flexibility index (Phi) is 56.7. The summed E-state index contributed by atoms with van der Waals surface area (Å²) in [4.78, 5) is 0. The summed E-state index contributed by atoms with van der Waals surface area (Å²) in [5, 5.41) is 0. The molecule has 0 aliphatic carbocycles. The molecular formula is C16H40. The summed E-state index contributed by atoms with van der Waals surface area (Å²) in [7, 11) is 0. The van der Waals surface area contributed by atoms with E-state index in [2.05, 4.69) is 34.6 Å². The first-order valence-corrected chi connectivity index (χ1v) is 7.68. The van der Waals surface area contributed by atoms with E-state index < -0.39 is 0 Å². The predicted octanol–water partition coefficient (Wildman–Crippen LogP) is 7.08. The second-order valence-corrected chi connectivity index (χ2v) is 3.86. The molecule has 0 heteroatoms. The Hall–Kier alpha value is 0. The predicted molar refractivity (Wildman–Crippen MR) is 82.3 cm³/mol. The van der Waals surface area contributed by atoms with Gasteiger partial charge in [0.2, 0.25) is 0 Å². The second-order valence-electron chi connectivity index (χ2n) is 3.86. The smallest absolute Gasteiger partial charge is 0.0474 e. The van der Waals surface area contributed by atoms with Crippen LogP contribution in [-0.2, 0) is 0 Å². The van der Waals surface area contributed by atoms with Gasteiger partial charge in [0.1, 0.15) is 0 Å². The molecule has 0 nitrogen and oxygen atoms in total. The lowest BCUT2D eigenvalue weighted by atomic mass is 10.2. The van der Waals surface area contributed by atoms with Gasteiger partial charge in [-0.25, -0.2) is 0 Å². The summed E-state index contributed by atoms with van der Waals surface area (Å²) in [6.07, 6.45) is 8.31. The van der Waals surface area contributed by atoms with Crippen LogP contribution in [0.1, 0.15) is 101 Å². The van der Waals surface area contributed by atoms with Crippen LogP contribution in [0.25, 0.3) is 0 Å². The van der Waals surface area contributed by atoms with Gasteiger partial charge in [-0.15, -0.1) is 0 Å². The van der Waals surface area contributed by atoms with Gasteiger partial charge in [0.25, 0.3) is 0 Å². The van der Waals surface area contributed by atoms with Gasteiger partial charge in [-0.1, -0.05) is 101 Å². The number of hydrogen-bond donors (Lipinski definition) is 0. The number of hydrogen-bond acceptors (Lipinski definition) is 0. The van der Waals surface area contributed by atoms with E-state index in [1.807, 2.05) is 27.7 Å². The van der Waals surface area contributed by atoms with Crippen LogP contribution in [0.15, 0.2) is 0 Å². The van der Waals surface area contributed by atoms with Crippen molar-refractivity contribution in [1.29, 1.82) is 0 Å². The van der Waals surface area contributed by atoms with Crippen LogP contribution in [0.4, 0.5) is 0 Å². The monoisotopic (exact) mass is 232 g/mol. The molecule has 16 heavy (non-hydrogen) atoms. The van der Waals surface area contributed by atoms with E-state index in [-0.39, 0.29) is 0 Å². The summed E-state index contributed by atoms with van der Waals surface area (Å²) >= 11 is 0. The molecular weight excluding hydrogens is 192 g/mol. The molecule has 0 heterocycles. The summed E-state index contributed by atoms with van der Waals surface area (Å²) in [5.74, 6) is 0.884. The van der Waals surface area contributed by atoms with Crippen molar-refractivity contribution in [2.45, 2.75) is 101 Å². The maximum absolute atomic E-state index is 2.25. The van der Waals surface area contributed by atoms with E-state index in [0.29, 0.717) is 0 Å². The lowest BCUT2D eigenvalue weighted by Crippen LogP contribution is -1.77. The Labute approximate surface area is 107 Å². The van der Waals surface area contributed by atoms with Crippen molar-refractivity contribution < 1.29 is 0 Å². The summed E-state index contributed by atoms with van der Waals surface area (Å²) in [6.45, 7) is 19.1. The molecule has 0 saturated carbocycles. The molecule has 0 radical (unpaired) electrons. The topological polar surface area (TPSA) is 0 Å². The maximum Gasteiger partial charge on any atom is -0.0474 e. The lowest BCUT2D eigenvalue weighted by molar-refractivity contribution is 0.626. The fourth-order valence-corrected chi connectivity index (χ4v) is 0.677. The highest BCUT2D eigenvalue weighted by Crippen LogP contribution is 2.00. The van der Waals surface area contributed by atoms with Crippen molar-refractivity contribution >= 4 is 0 Å². The molecule has 0 aromatic heterocycles. The molecule has 0 rings (SSSR count). The molecule has 0 bridgehead atoms. The highest BCUT2D eigenvalue weighted by Gasteiger charge is 1.80. The molecule has 0 aromatic rings. The van der Waals surface area contributed by atoms with Crippen molar-refractivity contribution in [3.8, 4) is 0 Å². The van der Waals surface area contributed by atoms with Gasteiger partial charge in [0.05, 0.1) is 0 Å². The van der Waals surface area contributed by atoms with E-state index >= 15 is 0 Å². The molecule has 0 N–H and O–H groups in total. The molecule has 0 fully saturated rings. The van der Waals surface area contributed by atoms with Gasteiger partial charge in [0.15, 0.2) is 0 Å². The van der Waals surface area contributed by atoms with Crippen molar-refractivity contribution in [1.82, 2.24) is 0 Å². The van der Waals surface area contributed by atoms with E-state index in [1.54, 1.807) is 0 Å². The normalized spacial score (nSPS) is 7.88. The van der Waals surface area contributed by atoms with Gasteiger partial charge < -0.3 is 0 Å². The molecule has 0 aliphatic heterocycles. The third-order valence-electron chi connectivity index (χ3n) is 2.02. The first kappa shape index (κ1) is 25.0. The third kappa shape index (κ3) is 65.7. The number of rotatable bonds is 5. The van der Waals surface area contributed by atoms with E-state index in [1.165, 1.54) is 38.5 Å². The van der Waals surface area contributed by atoms with E-state index in [0.717, 1.165) is 5.92 Å². The van der Waals surface area contributed by atoms with Crippen LogP contribution < -0.4 is 0 Å². The summed E-state index contributed by atoms with van der Waals surface area (Å²) < 4.78 is 0. The zero-order chi connectivity index (χ0) is 13.8. The van der Waals surface area contributed by atoms with Crippen LogP contribution in [0.3, 0.4) is 0 Å². The Balaban J connectivity index is -0.0000000704. The minimum atomic E-state index is 0.884. The Morgan fingerprint density at radius 3 is 1.00 bits per heavy atom. The van der Waals surface area contributed by atoms with Crippen LogP contribution in [-0.4, -0.2) is 0 Å². The molecule has 0 saturated heterocycles. The van der Waals surface area contributed by atoms with Crippen LogP contribution in [0, 0.1) is 5.92 Å². The quantitative estimate of drug-likeness (QED) is 0.444. The van der Waals surface area contributed by atoms with Crippen LogP contribution in [0.2, 0.25) is 0 Å². The molecule has 0 atom stereocenters. The fourth-order valence-electron chi connectivity index (χ4n) is 0.677. The van der Waals surface area contributed by atoms with Gasteiger partial charge in [0, 0.05) is 0 Å². The average Bonchev–Trinajstić information content (AvgIpc) is 2.35. The minimum Gasteiger partial charge on any atom is -0.0683 e. The highest BCUT2D eigenvalue weighted by atomic mass is 13.9. The van der Waals surface area contributed by atoms with Crippen LogP contribution >= 0.6 is 0 Å². The maximum atomic E-state index is 2.25. The Morgan fingerprint density at radius 2 is 0.875 bits per heavy atom. The SMILES string of the molecule is CC.CC.CCC(C)C.CCCCCCC. The standard InChI is InChI=1S/C7H16.C5H12.2C2H6/c1-3-5-7-6-4-2;1-4-5(2)3;2*1-2/h3-7H2,1-2H3;5H,4H2,1-3H3;2*1-2H3. The number of unbranched alkanes of at least 4 members (excludes halogenated alkanes) is 4. The fraction of sp³-hybridized carbons (Fsp3) is 1.00. The zero-order valence-electron chi connectivity index (χ0n) is 13.8. The minimum absolute atomic E-state index is 0.884. The zero-order valence-corrected chi connectivity index (χ0v) is 13.8. The second kappa shape index (κ2) is 36.3. The molecule has 0 aliphatic rings. The molecule has 0 unspecified atom stereocenters. The Morgan fingerprint density at radius 1 is 0.625 bits per heavy atom. The van der Waals surface area contributed by atoms with Crippen molar-refractivity contribution in [2.24, 2.45) is 5.92 Å². The van der Waals surface area contributed by atoms with Crippen molar-refractivity contribution in [3.63, 3.8) is 0 Å². The molecule has 104 valence electrons. The molecule has 0 aromatic carbocycles. The summed E-state index contributed by atoms with van der Waals surface area (Å²) in [6, 6.07) is 0. The van der Waals surface area contributed by atoms with Crippen LogP contribution in [0.5, 0.6) is 0 Å². The van der Waals surface area contributed by atoms with E-state index in [4.69, 9.17) is 0 Å². The third-order valence-corrected chi connectivity index (χ3v) is 2.02. The molecule has 0 amide bonds. The van der Waals surface area contributed by atoms with Crippen molar-refractivity contribution in [3.05, 3.63) is 0 Å².